The second-order valence-electron chi connectivity index (χ2n) is 6.65. The molecule has 30 heavy (non-hydrogen) atoms. The van der Waals surface area contributed by atoms with Crippen LogP contribution in [0.1, 0.15) is 5.56 Å². The molecule has 0 aliphatic heterocycles. The minimum Gasteiger partial charge on any atom is -0.341 e. The summed E-state index contributed by atoms with van der Waals surface area (Å²) >= 11 is 2.95. The third-order valence-corrected chi connectivity index (χ3v) is 6.15. The Hall–Kier alpha value is -2.97. The van der Waals surface area contributed by atoms with Crippen molar-refractivity contribution in [1.29, 1.82) is 0 Å². The highest BCUT2D eigenvalue weighted by Crippen LogP contribution is 2.28. The molecule has 1 amide bonds. The van der Waals surface area contributed by atoms with Crippen molar-refractivity contribution in [3.05, 3.63) is 82.8 Å². The van der Waals surface area contributed by atoms with Crippen LogP contribution in [-0.4, -0.2) is 38.4 Å². The first-order valence-electron chi connectivity index (χ1n) is 9.26. The van der Waals surface area contributed by atoms with Crippen LogP contribution in [-0.2, 0) is 11.3 Å². The predicted molar refractivity (Wildman–Crippen MR) is 118 cm³/mol. The van der Waals surface area contributed by atoms with E-state index in [1.165, 1.54) is 23.9 Å². The molecule has 0 saturated heterocycles. The lowest BCUT2D eigenvalue weighted by molar-refractivity contribution is -0.127. The Morgan fingerprint density at radius 1 is 1.10 bits per heavy atom. The van der Waals surface area contributed by atoms with Crippen LogP contribution in [0, 0.1) is 5.82 Å². The number of rotatable bonds is 7. The van der Waals surface area contributed by atoms with E-state index in [2.05, 4.69) is 10.2 Å². The average Bonchev–Trinajstić information content (AvgIpc) is 3.43. The van der Waals surface area contributed by atoms with Gasteiger partial charge in [0.25, 0.3) is 0 Å². The molecule has 2 aromatic carbocycles. The molecule has 152 valence electrons. The Morgan fingerprint density at radius 3 is 2.57 bits per heavy atom. The first kappa shape index (κ1) is 20.3. The van der Waals surface area contributed by atoms with Crippen LogP contribution in [0.2, 0.25) is 0 Å². The Balaban J connectivity index is 1.57. The summed E-state index contributed by atoms with van der Waals surface area (Å²) in [6.07, 6.45) is 0. The van der Waals surface area contributed by atoms with Gasteiger partial charge in [-0.15, -0.1) is 10.2 Å². The molecule has 0 N–H and O–H groups in total. The molecule has 5 nitrogen and oxygen atoms in total. The van der Waals surface area contributed by atoms with Crippen molar-refractivity contribution in [3.63, 3.8) is 0 Å². The molecule has 2 aromatic heterocycles. The van der Waals surface area contributed by atoms with Gasteiger partial charge in [-0.1, -0.05) is 30.0 Å². The van der Waals surface area contributed by atoms with Crippen molar-refractivity contribution in [1.82, 2.24) is 19.7 Å². The lowest BCUT2D eigenvalue weighted by Crippen LogP contribution is -2.27. The number of halogens is 1. The molecule has 0 aliphatic carbocycles. The molecule has 0 aliphatic rings. The molecule has 8 heteroatoms. The van der Waals surface area contributed by atoms with Crippen molar-refractivity contribution in [3.8, 4) is 17.1 Å². The number of hydrogen-bond donors (Lipinski definition) is 0. The zero-order valence-corrected chi connectivity index (χ0v) is 17.9. The number of carbonyl (C=O) groups is 1. The first-order chi connectivity index (χ1) is 14.6. The molecule has 0 fully saturated rings. The van der Waals surface area contributed by atoms with E-state index < -0.39 is 0 Å². The summed E-state index contributed by atoms with van der Waals surface area (Å²) in [5, 5.41) is 13.3. The number of thioether (sulfide) groups is 1. The summed E-state index contributed by atoms with van der Waals surface area (Å²) in [6, 6.07) is 17.8. The lowest BCUT2D eigenvalue weighted by atomic mass is 10.2. The topological polar surface area (TPSA) is 51.0 Å². The van der Waals surface area contributed by atoms with Gasteiger partial charge in [0.1, 0.15) is 5.82 Å². The lowest BCUT2D eigenvalue weighted by Gasteiger charge is -2.16. The summed E-state index contributed by atoms with van der Waals surface area (Å²) < 4.78 is 15.3. The number of thiophene rings is 1. The molecule has 4 rings (SSSR count). The molecule has 4 aromatic rings. The largest absolute Gasteiger partial charge is 0.341 e. The van der Waals surface area contributed by atoms with Gasteiger partial charge in [-0.05, 0) is 58.8 Å². The average molecular weight is 439 g/mol. The van der Waals surface area contributed by atoms with Gasteiger partial charge in [0.05, 0.1) is 5.75 Å². The maximum absolute atomic E-state index is 13.4. The fraction of sp³-hybridized carbons (Fsp3) is 0.136. The van der Waals surface area contributed by atoms with E-state index in [-0.39, 0.29) is 17.5 Å². The van der Waals surface area contributed by atoms with Gasteiger partial charge in [-0.25, -0.2) is 4.39 Å². The van der Waals surface area contributed by atoms with Crippen molar-refractivity contribution in [2.75, 3.05) is 12.8 Å². The minimum atomic E-state index is -0.307. The van der Waals surface area contributed by atoms with Crippen LogP contribution in [0.25, 0.3) is 17.1 Å². The van der Waals surface area contributed by atoms with Gasteiger partial charge in [-0.2, -0.15) is 11.3 Å². The normalized spacial score (nSPS) is 10.9. The van der Waals surface area contributed by atoms with Gasteiger partial charge < -0.3 is 4.90 Å². The highest BCUT2D eigenvalue weighted by Gasteiger charge is 2.18. The van der Waals surface area contributed by atoms with E-state index in [0.717, 1.165) is 16.8 Å². The van der Waals surface area contributed by atoms with Crippen LogP contribution in [0.3, 0.4) is 0 Å². The third kappa shape index (κ3) is 4.60. The van der Waals surface area contributed by atoms with Crippen LogP contribution in [0.15, 0.2) is 76.6 Å². The Kier molecular flexibility index (Phi) is 6.25. The zero-order chi connectivity index (χ0) is 20.9. The minimum absolute atomic E-state index is 0.0112. The van der Waals surface area contributed by atoms with E-state index in [1.807, 2.05) is 51.7 Å². The molecule has 0 unspecified atom stereocenters. The molecule has 0 radical (unpaired) electrons. The fourth-order valence-electron chi connectivity index (χ4n) is 2.94. The molecular weight excluding hydrogens is 419 g/mol. The van der Waals surface area contributed by atoms with Crippen LogP contribution < -0.4 is 0 Å². The highest BCUT2D eigenvalue weighted by molar-refractivity contribution is 7.99. The second kappa shape index (κ2) is 9.23. The van der Waals surface area contributed by atoms with E-state index in [9.17, 15) is 9.18 Å². The van der Waals surface area contributed by atoms with Gasteiger partial charge in [0.2, 0.25) is 5.91 Å². The van der Waals surface area contributed by atoms with E-state index in [1.54, 1.807) is 35.4 Å². The number of amides is 1. The zero-order valence-electron chi connectivity index (χ0n) is 16.2. The van der Waals surface area contributed by atoms with Crippen LogP contribution in [0.4, 0.5) is 4.39 Å². The van der Waals surface area contributed by atoms with E-state index in [0.29, 0.717) is 17.5 Å². The van der Waals surface area contributed by atoms with E-state index in [4.69, 9.17) is 0 Å². The highest BCUT2D eigenvalue weighted by atomic mass is 32.2. The van der Waals surface area contributed by atoms with Crippen molar-refractivity contribution in [2.45, 2.75) is 11.7 Å². The van der Waals surface area contributed by atoms with Crippen molar-refractivity contribution in [2.24, 2.45) is 0 Å². The van der Waals surface area contributed by atoms with Gasteiger partial charge in [0, 0.05) is 24.8 Å². The quantitative estimate of drug-likeness (QED) is 0.386. The Labute approximate surface area is 182 Å². The summed E-state index contributed by atoms with van der Waals surface area (Å²) in [4.78, 5) is 14.3. The van der Waals surface area contributed by atoms with E-state index >= 15 is 0 Å². The monoisotopic (exact) mass is 438 g/mol. The number of aromatic nitrogens is 3. The maximum atomic E-state index is 13.4. The van der Waals surface area contributed by atoms with Gasteiger partial charge in [-0.3, -0.25) is 9.36 Å². The molecule has 2 heterocycles. The molecular formula is C22H19FN4OS2. The Morgan fingerprint density at radius 2 is 1.87 bits per heavy atom. The summed E-state index contributed by atoms with van der Waals surface area (Å²) in [5.74, 6) is 0.549. The van der Waals surface area contributed by atoms with Crippen LogP contribution in [0.5, 0.6) is 0 Å². The number of hydrogen-bond acceptors (Lipinski definition) is 5. The number of benzene rings is 2. The fourth-order valence-corrected chi connectivity index (χ4v) is 4.49. The standard InChI is InChI=1S/C22H19FN4OS2/c1-26(13-16-11-12-29-14-16)20(28)15-30-22-25-24-21(17-7-9-18(23)10-8-17)27(22)19-5-3-2-4-6-19/h2-12,14H,13,15H2,1H3. The van der Waals surface area contributed by atoms with Crippen LogP contribution >= 0.6 is 23.1 Å². The molecule has 0 atom stereocenters. The summed E-state index contributed by atoms with van der Waals surface area (Å²) in [6.45, 7) is 0.578. The third-order valence-electron chi connectivity index (χ3n) is 4.50. The summed E-state index contributed by atoms with van der Waals surface area (Å²) in [5.41, 5.74) is 2.75. The number of carbonyl (C=O) groups excluding carboxylic acids is 1. The van der Waals surface area contributed by atoms with Crippen molar-refractivity contribution < 1.29 is 9.18 Å². The smallest absolute Gasteiger partial charge is 0.233 e. The number of para-hydroxylation sites is 1. The second-order valence-corrected chi connectivity index (χ2v) is 8.38. The van der Waals surface area contributed by atoms with Gasteiger partial charge >= 0.3 is 0 Å². The molecule has 0 bridgehead atoms. The Bertz CT molecular complexity index is 1110. The SMILES string of the molecule is CN(Cc1ccsc1)C(=O)CSc1nnc(-c2ccc(F)cc2)n1-c1ccccc1. The maximum Gasteiger partial charge on any atom is 0.233 e. The molecule has 0 spiro atoms. The number of nitrogens with zero attached hydrogens (tertiary/aromatic N) is 4. The summed E-state index contributed by atoms with van der Waals surface area (Å²) in [7, 11) is 1.80. The molecule has 0 saturated carbocycles. The van der Waals surface area contributed by atoms with Gasteiger partial charge in [0.15, 0.2) is 11.0 Å². The first-order valence-corrected chi connectivity index (χ1v) is 11.2. The van der Waals surface area contributed by atoms with Crippen molar-refractivity contribution >= 4 is 29.0 Å². The predicted octanol–water partition coefficient (Wildman–Crippen LogP) is 4.89.